The highest BCUT2D eigenvalue weighted by molar-refractivity contribution is 5.85. The Bertz CT molecular complexity index is 886. The molecule has 6 rings (SSSR count). The minimum absolute atomic E-state index is 0. The van der Waals surface area contributed by atoms with Crippen molar-refractivity contribution in [1.29, 1.82) is 0 Å². The first kappa shape index (κ1) is 18.5. The van der Waals surface area contributed by atoms with Crippen molar-refractivity contribution in [2.24, 2.45) is 17.8 Å². The quantitative estimate of drug-likeness (QED) is 0.671. The van der Waals surface area contributed by atoms with Gasteiger partial charge in [-0.1, -0.05) is 50.2 Å². The third kappa shape index (κ3) is 2.64. The number of fused-ring (bicyclic) bond motifs is 5. The molecule has 2 nitrogen and oxygen atoms in total. The number of halogens is 1. The highest BCUT2D eigenvalue weighted by atomic mass is 35.5. The van der Waals surface area contributed by atoms with Gasteiger partial charge in [-0.15, -0.1) is 12.4 Å². The molecule has 5 atom stereocenters. The minimum Gasteiger partial charge on any atom is -0.337 e. The summed E-state index contributed by atoms with van der Waals surface area (Å²) in [4.78, 5) is 5.53. The summed E-state index contributed by atoms with van der Waals surface area (Å²) in [6, 6.07) is 16.9. The second kappa shape index (κ2) is 6.78. The van der Waals surface area contributed by atoms with E-state index in [0.29, 0.717) is 12.0 Å². The summed E-state index contributed by atoms with van der Waals surface area (Å²) in [5.41, 5.74) is 7.76. The van der Waals surface area contributed by atoms with Gasteiger partial charge in [-0.2, -0.15) is 0 Å². The maximum Gasteiger partial charge on any atom is 0.0483 e. The first-order valence-corrected chi connectivity index (χ1v) is 10.9. The van der Waals surface area contributed by atoms with Gasteiger partial charge in [-0.25, -0.2) is 0 Å². The summed E-state index contributed by atoms with van der Waals surface area (Å²) in [6.07, 6.45) is 3.64. The molecule has 2 fully saturated rings. The molecule has 0 bridgehead atoms. The Morgan fingerprint density at radius 2 is 1.68 bits per heavy atom. The van der Waals surface area contributed by atoms with Gasteiger partial charge < -0.3 is 9.80 Å². The minimum atomic E-state index is 0. The molecular formula is C25H31ClN2. The Morgan fingerprint density at radius 1 is 0.929 bits per heavy atom. The van der Waals surface area contributed by atoms with E-state index in [9.17, 15) is 0 Å². The number of hydrogen-bond donors (Lipinski definition) is 0. The Kier molecular flexibility index (Phi) is 4.48. The normalized spacial score (nSPS) is 32.6. The lowest BCUT2D eigenvalue weighted by atomic mass is 9.87. The number of piperidine rings is 1. The lowest BCUT2D eigenvalue weighted by Crippen LogP contribution is -2.45. The second-order valence-electron chi connectivity index (χ2n) is 9.46. The van der Waals surface area contributed by atoms with Crippen LogP contribution in [0.3, 0.4) is 0 Å². The average molecular weight is 395 g/mol. The molecule has 1 aliphatic carbocycles. The van der Waals surface area contributed by atoms with Crippen LogP contribution in [0.1, 0.15) is 42.9 Å². The van der Waals surface area contributed by atoms with E-state index in [1.165, 1.54) is 50.1 Å². The predicted molar refractivity (Wildman–Crippen MR) is 119 cm³/mol. The fourth-order valence-electron chi connectivity index (χ4n) is 6.28. The zero-order chi connectivity index (χ0) is 18.1. The van der Waals surface area contributed by atoms with E-state index in [1.54, 1.807) is 16.8 Å². The lowest BCUT2D eigenvalue weighted by molar-refractivity contribution is 0.185. The number of benzene rings is 2. The van der Waals surface area contributed by atoms with Gasteiger partial charge in [0, 0.05) is 43.0 Å². The largest absolute Gasteiger partial charge is 0.337 e. The average Bonchev–Trinajstić information content (AvgIpc) is 3.17. The maximum absolute atomic E-state index is 2.78. The van der Waals surface area contributed by atoms with Crippen LogP contribution in [0.4, 0.5) is 11.4 Å². The van der Waals surface area contributed by atoms with Crippen LogP contribution in [0.2, 0.25) is 0 Å². The molecule has 0 aromatic heterocycles. The van der Waals surface area contributed by atoms with E-state index in [0.717, 1.165) is 17.8 Å². The molecule has 2 aromatic rings. The third-order valence-corrected chi connectivity index (χ3v) is 8.21. The topological polar surface area (TPSA) is 6.48 Å². The summed E-state index contributed by atoms with van der Waals surface area (Å²) in [5.74, 6) is 3.46. The molecule has 148 valence electrons. The van der Waals surface area contributed by atoms with E-state index in [1.807, 2.05) is 0 Å². The van der Waals surface area contributed by atoms with Crippen LogP contribution in [-0.2, 0) is 12.8 Å². The molecule has 3 unspecified atom stereocenters. The molecule has 2 aromatic carbocycles. The molecule has 3 heteroatoms. The van der Waals surface area contributed by atoms with Gasteiger partial charge in [0.05, 0.1) is 0 Å². The predicted octanol–water partition coefficient (Wildman–Crippen LogP) is 5.42. The van der Waals surface area contributed by atoms with Crippen molar-refractivity contribution in [3.8, 4) is 0 Å². The summed E-state index contributed by atoms with van der Waals surface area (Å²) < 4.78 is 0. The molecule has 3 heterocycles. The summed E-state index contributed by atoms with van der Waals surface area (Å²) in [7, 11) is 0. The molecule has 0 radical (unpaired) electrons. The van der Waals surface area contributed by atoms with E-state index in [4.69, 9.17) is 0 Å². The molecular weight excluding hydrogens is 364 g/mol. The molecule has 3 aliphatic heterocycles. The number of anilines is 2. The van der Waals surface area contributed by atoms with Crippen LogP contribution < -0.4 is 4.90 Å². The Morgan fingerprint density at radius 3 is 2.50 bits per heavy atom. The number of nitrogens with zero attached hydrogens (tertiary/aromatic N) is 2. The molecule has 0 spiro atoms. The van der Waals surface area contributed by atoms with E-state index in [-0.39, 0.29) is 12.4 Å². The van der Waals surface area contributed by atoms with Crippen LogP contribution in [0, 0.1) is 17.8 Å². The molecule has 1 saturated heterocycles. The number of hydrogen-bond acceptors (Lipinski definition) is 2. The van der Waals surface area contributed by atoms with Gasteiger partial charge in [0.15, 0.2) is 0 Å². The number of aryl methyl sites for hydroxylation is 2. The number of para-hydroxylation sites is 2. The first-order valence-electron chi connectivity index (χ1n) is 10.9. The lowest BCUT2D eigenvalue weighted by Gasteiger charge is -2.39. The first-order chi connectivity index (χ1) is 13.2. The van der Waals surface area contributed by atoms with E-state index in [2.05, 4.69) is 66.1 Å². The van der Waals surface area contributed by atoms with Crippen LogP contribution in [-0.4, -0.2) is 30.6 Å². The smallest absolute Gasteiger partial charge is 0.0483 e. The van der Waals surface area contributed by atoms with Crippen LogP contribution in [0.25, 0.3) is 0 Å². The molecule has 4 aliphatic rings. The molecule has 0 N–H and O–H groups in total. The summed E-state index contributed by atoms with van der Waals surface area (Å²) >= 11 is 0. The third-order valence-electron chi connectivity index (χ3n) is 8.21. The monoisotopic (exact) mass is 394 g/mol. The van der Waals surface area contributed by atoms with Crippen LogP contribution >= 0.6 is 12.4 Å². The Hall–Kier alpha value is -1.51. The fraction of sp³-hybridized carbons (Fsp3) is 0.520. The van der Waals surface area contributed by atoms with Crippen molar-refractivity contribution in [3.05, 3.63) is 59.2 Å². The summed E-state index contributed by atoms with van der Waals surface area (Å²) in [6.45, 7) is 8.69. The standard InChI is InChI=1S/C25H30N2.ClH/c1-16-17(2)21(16)14-26-13-12-24-22(15-26)20-8-5-7-19-11-10-18-6-3-4-9-23(18)27(24)25(19)20;/h3-9,16-17,21-22,24H,10-15H2,1-2H3;1H/t16-,17+,21?,22?,24?;. The van der Waals surface area contributed by atoms with Gasteiger partial charge in [0.1, 0.15) is 0 Å². The van der Waals surface area contributed by atoms with Gasteiger partial charge in [0.25, 0.3) is 0 Å². The van der Waals surface area contributed by atoms with Crippen molar-refractivity contribution in [3.63, 3.8) is 0 Å². The maximum atomic E-state index is 2.78. The molecule has 0 amide bonds. The highest BCUT2D eigenvalue weighted by Gasteiger charge is 2.47. The van der Waals surface area contributed by atoms with Crippen LogP contribution in [0.5, 0.6) is 0 Å². The van der Waals surface area contributed by atoms with Gasteiger partial charge in [0.2, 0.25) is 0 Å². The molecule has 1 saturated carbocycles. The zero-order valence-corrected chi connectivity index (χ0v) is 17.8. The Balaban J connectivity index is 0.00000171. The van der Waals surface area contributed by atoms with Crippen molar-refractivity contribution < 1.29 is 0 Å². The van der Waals surface area contributed by atoms with Crippen molar-refractivity contribution in [1.82, 2.24) is 4.90 Å². The van der Waals surface area contributed by atoms with Gasteiger partial charge in [-0.05, 0) is 59.8 Å². The van der Waals surface area contributed by atoms with Crippen molar-refractivity contribution >= 4 is 23.8 Å². The van der Waals surface area contributed by atoms with Gasteiger partial charge >= 0.3 is 0 Å². The van der Waals surface area contributed by atoms with Crippen molar-refractivity contribution in [2.75, 3.05) is 24.5 Å². The zero-order valence-electron chi connectivity index (χ0n) is 17.0. The van der Waals surface area contributed by atoms with Gasteiger partial charge in [-0.3, -0.25) is 0 Å². The number of rotatable bonds is 2. The van der Waals surface area contributed by atoms with Crippen LogP contribution in [0.15, 0.2) is 42.5 Å². The SMILES string of the molecule is C[C@@H]1C(CN2CCC3C(C2)c2cccc4c2N3c2ccccc2CC4)[C@@H]1C.Cl. The van der Waals surface area contributed by atoms with E-state index < -0.39 is 0 Å². The fourth-order valence-corrected chi connectivity index (χ4v) is 6.28. The second-order valence-corrected chi connectivity index (χ2v) is 9.46. The van der Waals surface area contributed by atoms with Crippen molar-refractivity contribution in [2.45, 2.75) is 45.1 Å². The van der Waals surface area contributed by atoms with E-state index >= 15 is 0 Å². The summed E-state index contributed by atoms with van der Waals surface area (Å²) in [5, 5.41) is 0. The highest BCUT2D eigenvalue weighted by Crippen LogP contribution is 2.53. The number of likely N-dealkylation sites (tertiary alicyclic amines) is 1. The Labute approximate surface area is 175 Å². The molecule has 28 heavy (non-hydrogen) atoms.